The molecule has 20 heavy (non-hydrogen) atoms. The third-order valence-electron chi connectivity index (χ3n) is 3.48. The molecule has 1 aromatic carbocycles. The predicted octanol–water partition coefficient (Wildman–Crippen LogP) is 0.411. The van der Waals surface area contributed by atoms with Gasteiger partial charge in [0.05, 0.1) is 6.61 Å². The van der Waals surface area contributed by atoms with Crippen molar-refractivity contribution in [3.8, 4) is 0 Å². The molecule has 2 rings (SSSR count). The van der Waals surface area contributed by atoms with Crippen LogP contribution in [0.15, 0.2) is 18.2 Å². The van der Waals surface area contributed by atoms with Crippen molar-refractivity contribution < 1.29 is 14.3 Å². The van der Waals surface area contributed by atoms with Crippen molar-refractivity contribution in [3.63, 3.8) is 0 Å². The molecule has 1 aliphatic heterocycles. The lowest BCUT2D eigenvalue weighted by Crippen LogP contribution is -2.51. The molecule has 1 heterocycles. The fraction of sp³-hybridized carbons (Fsp3) is 0.429. The van der Waals surface area contributed by atoms with Gasteiger partial charge in [0.1, 0.15) is 5.54 Å². The van der Waals surface area contributed by atoms with Gasteiger partial charge in [-0.3, -0.25) is 9.59 Å². The van der Waals surface area contributed by atoms with E-state index < -0.39 is 5.54 Å². The quantitative estimate of drug-likeness (QED) is 0.746. The number of aryl methyl sites for hydroxylation is 1. The van der Waals surface area contributed by atoms with Crippen LogP contribution < -0.4 is 16.4 Å². The van der Waals surface area contributed by atoms with Crippen LogP contribution in [-0.4, -0.2) is 37.6 Å². The summed E-state index contributed by atoms with van der Waals surface area (Å²) in [5, 5.41) is 5.34. The maximum absolute atomic E-state index is 12.2. The number of anilines is 1. The van der Waals surface area contributed by atoms with Crippen LogP contribution in [0, 0.1) is 6.92 Å². The summed E-state index contributed by atoms with van der Waals surface area (Å²) in [4.78, 5) is 23.8. The first-order chi connectivity index (χ1) is 9.46. The molecule has 1 aromatic rings. The summed E-state index contributed by atoms with van der Waals surface area (Å²) < 4.78 is 5.18. The highest BCUT2D eigenvalue weighted by molar-refractivity contribution is 6.01. The van der Waals surface area contributed by atoms with E-state index in [1.165, 1.54) is 0 Å². The Bertz CT molecular complexity index is 536. The number of amides is 2. The fourth-order valence-corrected chi connectivity index (χ4v) is 2.05. The summed E-state index contributed by atoms with van der Waals surface area (Å²) in [6.45, 7) is 2.56. The minimum Gasteiger partial charge on any atom is -0.379 e. The second-order valence-electron chi connectivity index (χ2n) is 5.02. The van der Waals surface area contributed by atoms with E-state index in [1.807, 2.05) is 6.92 Å². The van der Waals surface area contributed by atoms with Gasteiger partial charge in [-0.25, -0.2) is 0 Å². The van der Waals surface area contributed by atoms with E-state index in [0.29, 0.717) is 24.3 Å². The Kier molecular flexibility index (Phi) is 4.06. The molecule has 0 radical (unpaired) electrons. The van der Waals surface area contributed by atoms with Crippen LogP contribution >= 0.6 is 0 Å². The molecule has 1 atom stereocenters. The summed E-state index contributed by atoms with van der Waals surface area (Å²) in [6, 6.07) is 5.14. The largest absolute Gasteiger partial charge is 0.379 e. The normalized spacial score (nSPS) is 21.6. The Balaban J connectivity index is 2.20. The monoisotopic (exact) mass is 277 g/mol. The Morgan fingerprint density at radius 3 is 2.75 bits per heavy atom. The van der Waals surface area contributed by atoms with E-state index in [4.69, 9.17) is 10.5 Å². The standard InChI is InChI=1S/C14H19N3O3/c1-9-3-4-10(12(18)16-2)7-11(9)17-13(19)14(15)5-6-20-8-14/h3-4,7H,5-6,8,15H2,1-2H3,(H,16,18)(H,17,19). The molecule has 1 saturated heterocycles. The second kappa shape index (κ2) is 5.60. The van der Waals surface area contributed by atoms with Gasteiger partial charge in [-0.05, 0) is 31.0 Å². The van der Waals surface area contributed by atoms with Crippen molar-refractivity contribution >= 4 is 17.5 Å². The van der Waals surface area contributed by atoms with Crippen LogP contribution in [0.25, 0.3) is 0 Å². The highest BCUT2D eigenvalue weighted by Crippen LogP contribution is 2.21. The van der Waals surface area contributed by atoms with E-state index in [1.54, 1.807) is 25.2 Å². The Labute approximate surface area is 117 Å². The van der Waals surface area contributed by atoms with E-state index >= 15 is 0 Å². The highest BCUT2D eigenvalue weighted by atomic mass is 16.5. The first kappa shape index (κ1) is 14.5. The van der Waals surface area contributed by atoms with Crippen molar-refractivity contribution in [2.24, 2.45) is 5.73 Å². The summed E-state index contributed by atoms with van der Waals surface area (Å²) in [6.07, 6.45) is 0.493. The van der Waals surface area contributed by atoms with Crippen LogP contribution in [-0.2, 0) is 9.53 Å². The average Bonchev–Trinajstić information content (AvgIpc) is 2.88. The first-order valence-corrected chi connectivity index (χ1v) is 6.47. The molecular weight excluding hydrogens is 258 g/mol. The Hall–Kier alpha value is -1.92. The molecule has 6 heteroatoms. The number of carbonyl (C=O) groups is 2. The lowest BCUT2D eigenvalue weighted by Gasteiger charge is -2.21. The summed E-state index contributed by atoms with van der Waals surface area (Å²) >= 11 is 0. The number of hydrogen-bond acceptors (Lipinski definition) is 4. The van der Waals surface area contributed by atoms with Gasteiger partial charge in [-0.2, -0.15) is 0 Å². The van der Waals surface area contributed by atoms with Gasteiger partial charge in [0.15, 0.2) is 0 Å². The average molecular weight is 277 g/mol. The second-order valence-corrected chi connectivity index (χ2v) is 5.02. The summed E-state index contributed by atoms with van der Waals surface area (Å²) in [7, 11) is 1.56. The van der Waals surface area contributed by atoms with Gasteiger partial charge in [0.2, 0.25) is 5.91 Å². The molecular formula is C14H19N3O3. The molecule has 0 aromatic heterocycles. The lowest BCUT2D eigenvalue weighted by atomic mass is 9.98. The number of hydrogen-bond donors (Lipinski definition) is 3. The lowest BCUT2D eigenvalue weighted by molar-refractivity contribution is -0.121. The topological polar surface area (TPSA) is 93.5 Å². The zero-order valence-corrected chi connectivity index (χ0v) is 11.7. The van der Waals surface area contributed by atoms with Crippen LogP contribution in [0.4, 0.5) is 5.69 Å². The maximum Gasteiger partial charge on any atom is 0.251 e. The van der Waals surface area contributed by atoms with E-state index in [2.05, 4.69) is 10.6 Å². The van der Waals surface area contributed by atoms with E-state index in [9.17, 15) is 9.59 Å². The number of nitrogens with two attached hydrogens (primary N) is 1. The number of benzene rings is 1. The fourth-order valence-electron chi connectivity index (χ4n) is 2.05. The number of ether oxygens (including phenoxy) is 1. The minimum absolute atomic E-state index is 0.202. The molecule has 1 unspecified atom stereocenters. The van der Waals surface area contributed by atoms with Crippen LogP contribution in [0.2, 0.25) is 0 Å². The molecule has 0 bridgehead atoms. The van der Waals surface area contributed by atoms with Crippen molar-refractivity contribution in [1.82, 2.24) is 5.32 Å². The molecule has 2 amide bonds. The molecule has 108 valence electrons. The predicted molar refractivity (Wildman–Crippen MR) is 75.6 cm³/mol. The number of nitrogens with one attached hydrogen (secondary N) is 2. The van der Waals surface area contributed by atoms with Crippen molar-refractivity contribution in [3.05, 3.63) is 29.3 Å². The third-order valence-corrected chi connectivity index (χ3v) is 3.48. The van der Waals surface area contributed by atoms with Gasteiger partial charge >= 0.3 is 0 Å². The van der Waals surface area contributed by atoms with Gasteiger partial charge in [-0.15, -0.1) is 0 Å². The third kappa shape index (κ3) is 2.81. The van der Waals surface area contributed by atoms with Gasteiger partial charge in [0, 0.05) is 24.9 Å². The van der Waals surface area contributed by atoms with Crippen LogP contribution in [0.3, 0.4) is 0 Å². The summed E-state index contributed by atoms with van der Waals surface area (Å²) in [5.41, 5.74) is 6.97. The minimum atomic E-state index is -0.991. The molecule has 1 aliphatic rings. The maximum atomic E-state index is 12.2. The Morgan fingerprint density at radius 2 is 2.15 bits per heavy atom. The SMILES string of the molecule is CNC(=O)c1ccc(C)c(NC(=O)C2(N)CCOC2)c1. The zero-order valence-electron chi connectivity index (χ0n) is 11.7. The molecule has 6 nitrogen and oxygen atoms in total. The number of rotatable bonds is 3. The summed E-state index contributed by atoms with van der Waals surface area (Å²) in [5.74, 6) is -0.487. The van der Waals surface area contributed by atoms with Crippen LogP contribution in [0.5, 0.6) is 0 Å². The van der Waals surface area contributed by atoms with Gasteiger partial charge < -0.3 is 21.1 Å². The van der Waals surface area contributed by atoms with Crippen molar-refractivity contribution in [2.45, 2.75) is 18.9 Å². The number of carbonyl (C=O) groups excluding carboxylic acids is 2. The molecule has 0 aliphatic carbocycles. The van der Waals surface area contributed by atoms with E-state index in [0.717, 1.165) is 5.56 Å². The molecule has 0 spiro atoms. The Morgan fingerprint density at radius 1 is 1.40 bits per heavy atom. The highest BCUT2D eigenvalue weighted by Gasteiger charge is 2.38. The zero-order chi connectivity index (χ0) is 14.8. The van der Waals surface area contributed by atoms with Crippen molar-refractivity contribution in [2.75, 3.05) is 25.6 Å². The smallest absolute Gasteiger partial charge is 0.251 e. The van der Waals surface area contributed by atoms with Crippen LogP contribution in [0.1, 0.15) is 22.3 Å². The van der Waals surface area contributed by atoms with E-state index in [-0.39, 0.29) is 18.4 Å². The molecule has 1 fully saturated rings. The molecule has 4 N–H and O–H groups in total. The van der Waals surface area contributed by atoms with Crippen molar-refractivity contribution in [1.29, 1.82) is 0 Å². The van der Waals surface area contributed by atoms with Gasteiger partial charge in [0.25, 0.3) is 5.91 Å². The first-order valence-electron chi connectivity index (χ1n) is 6.47. The molecule has 0 saturated carbocycles. The van der Waals surface area contributed by atoms with Gasteiger partial charge in [-0.1, -0.05) is 6.07 Å².